The number of carbonyl (C=O) groups excluding carboxylic acids is 2. The van der Waals surface area contributed by atoms with E-state index in [2.05, 4.69) is 38.0 Å². The van der Waals surface area contributed by atoms with Gasteiger partial charge >= 0.3 is 6.09 Å². The standard InChI is InChI=1S/C24H45N3O4/c1-10-11-12-25-21(28)18-15-26(9)14-17(18)20-19(13-16(2)3)27(24(7,8)30-20)22(29)31-23(4,5)6/h16-20H,10-15H2,1-9H3,(H,25,28)/t17-,18-,19+,20+/m1/s1. The number of rotatable bonds is 7. The monoisotopic (exact) mass is 439 g/mol. The van der Waals surface area contributed by atoms with Crippen LogP contribution in [-0.4, -0.2) is 72.0 Å². The van der Waals surface area contributed by atoms with Crippen molar-refractivity contribution < 1.29 is 19.1 Å². The van der Waals surface area contributed by atoms with Crippen molar-refractivity contribution in [2.24, 2.45) is 17.8 Å². The molecule has 2 aliphatic heterocycles. The van der Waals surface area contributed by atoms with Gasteiger partial charge in [-0.05, 0) is 60.4 Å². The Morgan fingerprint density at radius 2 is 1.87 bits per heavy atom. The third-order valence-corrected chi connectivity index (χ3v) is 6.15. The smallest absolute Gasteiger partial charge is 0.412 e. The van der Waals surface area contributed by atoms with Crippen molar-refractivity contribution in [1.82, 2.24) is 15.1 Å². The Morgan fingerprint density at radius 3 is 2.42 bits per heavy atom. The SMILES string of the molecule is CCCCNC(=O)[C@@H]1CN(C)C[C@H]1[C@@H]1OC(C)(C)N(C(=O)OC(C)(C)C)[C@H]1CC(C)C. The summed E-state index contributed by atoms with van der Waals surface area (Å²) in [4.78, 5) is 30.2. The van der Waals surface area contributed by atoms with Crippen LogP contribution in [0.4, 0.5) is 4.79 Å². The van der Waals surface area contributed by atoms with Gasteiger partial charge in [0.05, 0.1) is 18.1 Å². The van der Waals surface area contributed by atoms with E-state index in [0.717, 1.165) is 25.8 Å². The van der Waals surface area contributed by atoms with E-state index in [1.54, 1.807) is 4.90 Å². The lowest BCUT2D eigenvalue weighted by Crippen LogP contribution is -2.51. The minimum Gasteiger partial charge on any atom is -0.444 e. The number of hydrogen-bond donors (Lipinski definition) is 1. The first-order valence-corrected chi connectivity index (χ1v) is 11.9. The molecule has 2 aliphatic rings. The second-order valence-corrected chi connectivity index (χ2v) is 11.2. The quantitative estimate of drug-likeness (QED) is 0.610. The van der Waals surface area contributed by atoms with E-state index in [4.69, 9.17) is 9.47 Å². The molecule has 0 radical (unpaired) electrons. The highest BCUT2D eigenvalue weighted by molar-refractivity contribution is 5.79. The van der Waals surface area contributed by atoms with Gasteiger partial charge in [-0.2, -0.15) is 0 Å². The molecule has 31 heavy (non-hydrogen) atoms. The largest absolute Gasteiger partial charge is 0.444 e. The average Bonchev–Trinajstić information content (AvgIpc) is 3.10. The molecule has 1 N–H and O–H groups in total. The van der Waals surface area contributed by atoms with Crippen LogP contribution < -0.4 is 5.32 Å². The minimum atomic E-state index is -0.795. The van der Waals surface area contributed by atoms with Gasteiger partial charge in [0.1, 0.15) is 11.3 Å². The number of amides is 2. The lowest BCUT2D eigenvalue weighted by molar-refractivity contribution is -0.129. The van der Waals surface area contributed by atoms with Crippen molar-refractivity contribution in [2.45, 2.75) is 98.1 Å². The van der Waals surface area contributed by atoms with Crippen LogP contribution in [0.2, 0.25) is 0 Å². The Labute approximate surface area is 189 Å². The summed E-state index contributed by atoms with van der Waals surface area (Å²) in [6.07, 6.45) is 2.28. The highest BCUT2D eigenvalue weighted by atomic mass is 16.6. The zero-order valence-electron chi connectivity index (χ0n) is 21.2. The number of likely N-dealkylation sites (tertiary alicyclic amines) is 1. The highest BCUT2D eigenvalue weighted by Gasteiger charge is 2.56. The topological polar surface area (TPSA) is 71.1 Å². The molecule has 2 fully saturated rings. The van der Waals surface area contributed by atoms with Gasteiger partial charge in [-0.25, -0.2) is 4.79 Å². The van der Waals surface area contributed by atoms with E-state index in [1.165, 1.54) is 0 Å². The maximum absolute atomic E-state index is 13.2. The van der Waals surface area contributed by atoms with Crippen molar-refractivity contribution in [3.05, 3.63) is 0 Å². The number of unbranched alkanes of at least 4 members (excludes halogenated alkanes) is 1. The Bertz CT molecular complexity index is 629. The van der Waals surface area contributed by atoms with Crippen LogP contribution in [-0.2, 0) is 14.3 Å². The summed E-state index contributed by atoms with van der Waals surface area (Å²) >= 11 is 0. The third-order valence-electron chi connectivity index (χ3n) is 6.15. The molecular formula is C24H45N3O4. The lowest BCUT2D eigenvalue weighted by atomic mass is 9.83. The fourth-order valence-corrected chi connectivity index (χ4v) is 4.94. The molecule has 0 saturated carbocycles. The molecule has 4 atom stereocenters. The van der Waals surface area contributed by atoms with E-state index < -0.39 is 11.3 Å². The van der Waals surface area contributed by atoms with Crippen LogP contribution in [0.5, 0.6) is 0 Å². The third kappa shape index (κ3) is 6.58. The van der Waals surface area contributed by atoms with Crippen LogP contribution in [0.1, 0.15) is 74.7 Å². The summed E-state index contributed by atoms with van der Waals surface area (Å²) in [5, 5.41) is 3.11. The van der Waals surface area contributed by atoms with E-state index in [-0.39, 0.29) is 36.0 Å². The van der Waals surface area contributed by atoms with Gasteiger partial charge in [0, 0.05) is 25.6 Å². The number of nitrogens with one attached hydrogen (secondary N) is 1. The van der Waals surface area contributed by atoms with Crippen molar-refractivity contribution >= 4 is 12.0 Å². The Morgan fingerprint density at radius 1 is 1.23 bits per heavy atom. The molecule has 7 heteroatoms. The first-order chi connectivity index (χ1) is 14.3. The van der Waals surface area contributed by atoms with Gasteiger partial charge in [0.25, 0.3) is 0 Å². The Hall–Kier alpha value is -1.34. The van der Waals surface area contributed by atoms with Crippen molar-refractivity contribution in [1.29, 1.82) is 0 Å². The van der Waals surface area contributed by atoms with Crippen LogP contribution >= 0.6 is 0 Å². The predicted molar refractivity (Wildman–Crippen MR) is 123 cm³/mol. The zero-order chi connectivity index (χ0) is 23.6. The molecule has 0 aromatic rings. The molecule has 0 bridgehead atoms. The molecule has 0 unspecified atom stereocenters. The summed E-state index contributed by atoms with van der Waals surface area (Å²) in [7, 11) is 2.05. The van der Waals surface area contributed by atoms with E-state index in [9.17, 15) is 9.59 Å². The number of nitrogens with zero attached hydrogens (tertiary/aromatic N) is 2. The Kier molecular flexibility index (Phi) is 8.42. The van der Waals surface area contributed by atoms with Crippen LogP contribution in [0.25, 0.3) is 0 Å². The normalized spacial score (nSPS) is 28.9. The van der Waals surface area contributed by atoms with Crippen LogP contribution in [0.15, 0.2) is 0 Å². The predicted octanol–water partition coefficient (Wildman–Crippen LogP) is 3.87. The molecule has 2 saturated heterocycles. The van der Waals surface area contributed by atoms with E-state index in [0.29, 0.717) is 19.0 Å². The van der Waals surface area contributed by atoms with Crippen molar-refractivity contribution in [2.75, 3.05) is 26.7 Å². The molecule has 0 aliphatic carbocycles. The lowest BCUT2D eigenvalue weighted by Gasteiger charge is -2.36. The molecule has 2 amide bonds. The van der Waals surface area contributed by atoms with E-state index in [1.807, 2.05) is 34.6 Å². The highest BCUT2D eigenvalue weighted by Crippen LogP contribution is 2.43. The summed E-state index contributed by atoms with van der Waals surface area (Å²) in [6.45, 7) is 18.1. The van der Waals surface area contributed by atoms with E-state index >= 15 is 0 Å². The number of ether oxygens (including phenoxy) is 2. The van der Waals surface area contributed by atoms with Gasteiger partial charge in [-0.1, -0.05) is 27.2 Å². The van der Waals surface area contributed by atoms with Gasteiger partial charge in [-0.15, -0.1) is 0 Å². The van der Waals surface area contributed by atoms with Gasteiger partial charge < -0.3 is 19.7 Å². The summed E-state index contributed by atoms with van der Waals surface area (Å²) in [6, 6.07) is -0.132. The van der Waals surface area contributed by atoms with Crippen LogP contribution in [0, 0.1) is 17.8 Å². The fraction of sp³-hybridized carbons (Fsp3) is 0.917. The first kappa shape index (κ1) is 25.9. The summed E-state index contributed by atoms with van der Waals surface area (Å²) in [5.74, 6) is 0.368. The van der Waals surface area contributed by atoms with Gasteiger partial charge in [0.15, 0.2) is 0 Å². The maximum Gasteiger partial charge on any atom is 0.412 e. The summed E-state index contributed by atoms with van der Waals surface area (Å²) in [5.41, 5.74) is -1.38. The van der Waals surface area contributed by atoms with Crippen molar-refractivity contribution in [3.63, 3.8) is 0 Å². The first-order valence-electron chi connectivity index (χ1n) is 11.9. The molecule has 0 aromatic heterocycles. The van der Waals surface area contributed by atoms with Gasteiger partial charge in [-0.3, -0.25) is 9.69 Å². The molecule has 7 nitrogen and oxygen atoms in total. The van der Waals surface area contributed by atoms with Crippen molar-refractivity contribution in [3.8, 4) is 0 Å². The molecule has 180 valence electrons. The molecule has 0 spiro atoms. The molecule has 2 rings (SSSR count). The second kappa shape index (κ2) is 10.1. The second-order valence-electron chi connectivity index (χ2n) is 11.2. The molecule has 2 heterocycles. The summed E-state index contributed by atoms with van der Waals surface area (Å²) < 4.78 is 12.3. The number of hydrogen-bond acceptors (Lipinski definition) is 5. The molecule has 0 aromatic carbocycles. The van der Waals surface area contributed by atoms with Gasteiger partial charge in [0.2, 0.25) is 5.91 Å². The fourth-order valence-electron chi connectivity index (χ4n) is 4.94. The Balaban J connectivity index is 2.31. The van der Waals surface area contributed by atoms with Crippen LogP contribution in [0.3, 0.4) is 0 Å². The molecular weight excluding hydrogens is 394 g/mol. The number of carbonyl (C=O) groups is 2. The zero-order valence-corrected chi connectivity index (χ0v) is 21.2. The minimum absolute atomic E-state index is 0.0297. The average molecular weight is 440 g/mol. The maximum atomic E-state index is 13.2.